The predicted octanol–water partition coefficient (Wildman–Crippen LogP) is 1.68. The van der Waals surface area contributed by atoms with Crippen molar-refractivity contribution in [2.75, 3.05) is 20.6 Å². The zero-order valence-corrected chi connectivity index (χ0v) is 9.80. The molecule has 0 aliphatic carbocycles. The minimum absolute atomic E-state index is 0.776. The van der Waals surface area contributed by atoms with Gasteiger partial charge in [0, 0.05) is 25.7 Å². The van der Waals surface area contributed by atoms with Gasteiger partial charge in [-0.05, 0) is 24.1 Å². The zero-order chi connectivity index (χ0) is 11.1. The first-order chi connectivity index (χ1) is 7.26. The van der Waals surface area contributed by atoms with Crippen molar-refractivity contribution >= 4 is 17.6 Å². The van der Waals surface area contributed by atoms with Gasteiger partial charge in [-0.15, -0.1) is 0 Å². The molecule has 0 aliphatic rings. The van der Waals surface area contributed by atoms with Gasteiger partial charge < -0.3 is 10.6 Å². The highest BCUT2D eigenvalue weighted by atomic mass is 35.5. The topological polar surface area (TPSA) is 36.4 Å². The van der Waals surface area contributed by atoms with Gasteiger partial charge in [-0.1, -0.05) is 23.7 Å². The van der Waals surface area contributed by atoms with Crippen LogP contribution in [0.1, 0.15) is 5.56 Å². The summed E-state index contributed by atoms with van der Waals surface area (Å²) >= 11 is 5.80. The van der Waals surface area contributed by atoms with Crippen LogP contribution in [0.2, 0.25) is 5.02 Å². The number of nitrogens with one attached hydrogen (secondary N) is 2. The van der Waals surface area contributed by atoms with Crippen LogP contribution < -0.4 is 10.6 Å². The van der Waals surface area contributed by atoms with Gasteiger partial charge >= 0.3 is 0 Å². The van der Waals surface area contributed by atoms with Crippen molar-refractivity contribution in [2.24, 2.45) is 4.99 Å². The monoisotopic (exact) mass is 225 g/mol. The molecule has 82 valence electrons. The Morgan fingerprint density at radius 2 is 2.00 bits per heavy atom. The third kappa shape index (κ3) is 4.21. The van der Waals surface area contributed by atoms with Crippen LogP contribution in [0.3, 0.4) is 0 Å². The number of nitrogens with zero attached hydrogens (tertiary/aromatic N) is 1. The van der Waals surface area contributed by atoms with E-state index in [2.05, 4.69) is 15.6 Å². The molecule has 0 heterocycles. The highest BCUT2D eigenvalue weighted by Crippen LogP contribution is 2.09. The summed E-state index contributed by atoms with van der Waals surface area (Å²) < 4.78 is 0. The van der Waals surface area contributed by atoms with Crippen LogP contribution in [-0.4, -0.2) is 26.6 Å². The largest absolute Gasteiger partial charge is 0.359 e. The molecule has 2 N–H and O–H groups in total. The first kappa shape index (κ1) is 11.9. The maximum absolute atomic E-state index is 5.80. The fraction of sp³-hybridized carbons (Fsp3) is 0.364. The highest BCUT2D eigenvalue weighted by molar-refractivity contribution is 6.30. The standard InChI is InChI=1S/C11H16ClN3/c1-13-11(14-2)15-8-7-9-3-5-10(12)6-4-9/h3-6H,7-8H2,1-2H3,(H2,13,14,15). The fourth-order valence-corrected chi connectivity index (χ4v) is 1.38. The van der Waals surface area contributed by atoms with Crippen LogP contribution in [0.25, 0.3) is 0 Å². The molecule has 1 rings (SSSR count). The molecule has 0 bridgehead atoms. The predicted molar refractivity (Wildman–Crippen MR) is 65.6 cm³/mol. The van der Waals surface area contributed by atoms with Gasteiger partial charge in [0.1, 0.15) is 0 Å². The number of hydrogen-bond donors (Lipinski definition) is 2. The number of rotatable bonds is 3. The Kier molecular flexibility index (Phi) is 4.98. The van der Waals surface area contributed by atoms with Crippen molar-refractivity contribution in [3.8, 4) is 0 Å². The van der Waals surface area contributed by atoms with E-state index < -0.39 is 0 Å². The summed E-state index contributed by atoms with van der Waals surface area (Å²) in [6, 6.07) is 7.88. The summed E-state index contributed by atoms with van der Waals surface area (Å²) in [4.78, 5) is 4.03. The Morgan fingerprint density at radius 1 is 1.33 bits per heavy atom. The Labute approximate surface area is 95.6 Å². The lowest BCUT2D eigenvalue weighted by Crippen LogP contribution is -2.35. The summed E-state index contributed by atoms with van der Waals surface area (Å²) in [6.07, 6.45) is 0.956. The number of hydrogen-bond acceptors (Lipinski definition) is 1. The summed E-state index contributed by atoms with van der Waals surface area (Å²) in [5.74, 6) is 0.809. The molecule has 4 heteroatoms. The van der Waals surface area contributed by atoms with Crippen LogP contribution in [0.15, 0.2) is 29.3 Å². The second-order valence-corrected chi connectivity index (χ2v) is 3.56. The highest BCUT2D eigenvalue weighted by Gasteiger charge is 1.95. The van der Waals surface area contributed by atoms with Crippen LogP contribution in [-0.2, 0) is 6.42 Å². The molecular weight excluding hydrogens is 210 g/mol. The van der Waals surface area contributed by atoms with E-state index in [4.69, 9.17) is 11.6 Å². The summed E-state index contributed by atoms with van der Waals surface area (Å²) in [6.45, 7) is 0.856. The molecular formula is C11H16ClN3. The molecule has 0 spiro atoms. The Balaban J connectivity index is 2.35. The van der Waals surface area contributed by atoms with E-state index in [1.54, 1.807) is 7.05 Å². The van der Waals surface area contributed by atoms with Gasteiger partial charge in [-0.3, -0.25) is 4.99 Å². The van der Waals surface area contributed by atoms with E-state index in [-0.39, 0.29) is 0 Å². The molecule has 0 radical (unpaired) electrons. The van der Waals surface area contributed by atoms with Crippen molar-refractivity contribution in [3.63, 3.8) is 0 Å². The summed E-state index contributed by atoms with van der Waals surface area (Å²) in [7, 11) is 3.60. The molecule has 1 aromatic carbocycles. The van der Waals surface area contributed by atoms with Crippen LogP contribution in [0.4, 0.5) is 0 Å². The van der Waals surface area contributed by atoms with Gasteiger partial charge in [0.15, 0.2) is 5.96 Å². The molecule has 3 nitrogen and oxygen atoms in total. The molecule has 1 aromatic rings. The van der Waals surface area contributed by atoms with Gasteiger partial charge in [-0.25, -0.2) is 0 Å². The van der Waals surface area contributed by atoms with E-state index in [9.17, 15) is 0 Å². The number of aliphatic imine (C=N–C) groups is 1. The lowest BCUT2D eigenvalue weighted by molar-refractivity contribution is 0.834. The Hall–Kier alpha value is -1.22. The van der Waals surface area contributed by atoms with Crippen molar-refractivity contribution in [1.29, 1.82) is 0 Å². The lowest BCUT2D eigenvalue weighted by atomic mass is 10.1. The summed E-state index contributed by atoms with van der Waals surface area (Å²) in [5, 5.41) is 6.93. The molecule has 0 atom stereocenters. The molecule has 0 saturated carbocycles. The van der Waals surface area contributed by atoms with E-state index >= 15 is 0 Å². The lowest BCUT2D eigenvalue weighted by Gasteiger charge is -2.08. The average molecular weight is 226 g/mol. The van der Waals surface area contributed by atoms with Crippen molar-refractivity contribution in [1.82, 2.24) is 10.6 Å². The summed E-state index contributed by atoms with van der Waals surface area (Å²) in [5.41, 5.74) is 1.26. The number of halogens is 1. The average Bonchev–Trinajstić information content (AvgIpc) is 2.27. The van der Waals surface area contributed by atoms with Crippen molar-refractivity contribution < 1.29 is 0 Å². The van der Waals surface area contributed by atoms with E-state index in [0.29, 0.717) is 0 Å². The number of benzene rings is 1. The van der Waals surface area contributed by atoms with E-state index in [0.717, 1.165) is 23.9 Å². The minimum atomic E-state index is 0.776. The van der Waals surface area contributed by atoms with Crippen molar-refractivity contribution in [3.05, 3.63) is 34.9 Å². The fourth-order valence-electron chi connectivity index (χ4n) is 1.26. The smallest absolute Gasteiger partial charge is 0.190 e. The van der Waals surface area contributed by atoms with Crippen LogP contribution in [0, 0.1) is 0 Å². The molecule has 0 aliphatic heterocycles. The van der Waals surface area contributed by atoms with Gasteiger partial charge in [0.25, 0.3) is 0 Å². The molecule has 0 fully saturated rings. The maximum atomic E-state index is 5.80. The van der Waals surface area contributed by atoms with E-state index in [1.807, 2.05) is 31.3 Å². The Morgan fingerprint density at radius 3 is 2.53 bits per heavy atom. The third-order valence-electron chi connectivity index (χ3n) is 2.08. The van der Waals surface area contributed by atoms with Gasteiger partial charge in [0.2, 0.25) is 0 Å². The first-order valence-corrected chi connectivity index (χ1v) is 5.27. The normalized spacial score (nSPS) is 11.3. The van der Waals surface area contributed by atoms with Crippen LogP contribution >= 0.6 is 11.6 Å². The molecule has 15 heavy (non-hydrogen) atoms. The third-order valence-corrected chi connectivity index (χ3v) is 2.33. The first-order valence-electron chi connectivity index (χ1n) is 4.89. The number of guanidine groups is 1. The minimum Gasteiger partial charge on any atom is -0.359 e. The van der Waals surface area contributed by atoms with Gasteiger partial charge in [-0.2, -0.15) is 0 Å². The SMILES string of the molecule is CN=C(NC)NCCc1ccc(Cl)cc1. The zero-order valence-electron chi connectivity index (χ0n) is 9.05. The quantitative estimate of drug-likeness (QED) is 0.607. The maximum Gasteiger partial charge on any atom is 0.190 e. The molecule has 0 unspecified atom stereocenters. The van der Waals surface area contributed by atoms with Crippen LogP contribution in [0.5, 0.6) is 0 Å². The Bertz CT molecular complexity index is 319. The molecule has 0 aromatic heterocycles. The van der Waals surface area contributed by atoms with E-state index in [1.165, 1.54) is 5.56 Å². The van der Waals surface area contributed by atoms with Crippen molar-refractivity contribution in [2.45, 2.75) is 6.42 Å². The molecule has 0 saturated heterocycles. The van der Waals surface area contributed by atoms with Gasteiger partial charge in [0.05, 0.1) is 0 Å². The molecule has 0 amide bonds. The second-order valence-electron chi connectivity index (χ2n) is 3.13. The second kappa shape index (κ2) is 6.30.